The van der Waals surface area contributed by atoms with Crippen LogP contribution in [0.1, 0.15) is 61.3 Å². The zero-order valence-electron chi connectivity index (χ0n) is 18.3. The highest BCUT2D eigenvalue weighted by atomic mass is 35.5. The zero-order valence-corrected chi connectivity index (χ0v) is 19.8. The van der Waals surface area contributed by atoms with Gasteiger partial charge in [0.2, 0.25) is 0 Å². The summed E-state index contributed by atoms with van der Waals surface area (Å²) >= 11 is 13.5. The molecule has 1 aliphatic carbocycles. The third kappa shape index (κ3) is 3.90. The van der Waals surface area contributed by atoms with Crippen LogP contribution in [-0.2, 0) is 4.79 Å². The highest BCUT2D eigenvalue weighted by molar-refractivity contribution is 6.36. The predicted molar refractivity (Wildman–Crippen MR) is 131 cm³/mol. The van der Waals surface area contributed by atoms with E-state index in [1.54, 1.807) is 19.4 Å². The maximum Gasteiger partial charge on any atom is 0.310 e. The van der Waals surface area contributed by atoms with Gasteiger partial charge >= 0.3 is 5.97 Å². The van der Waals surface area contributed by atoms with E-state index in [4.69, 9.17) is 23.2 Å². The summed E-state index contributed by atoms with van der Waals surface area (Å²) in [6.45, 7) is 3.74. The highest BCUT2D eigenvalue weighted by Gasteiger charge is 2.29. The molecule has 0 saturated heterocycles. The first-order valence-corrected chi connectivity index (χ1v) is 11.7. The molecular weight excluding hydrogens is 457 g/mol. The fraction of sp³-hybridized carbons (Fsp3) is 0.269. The Balaban J connectivity index is 1.62. The number of halogens is 2. The largest absolute Gasteiger partial charge is 0.481 e. The lowest BCUT2D eigenvalue weighted by atomic mass is 9.94. The summed E-state index contributed by atoms with van der Waals surface area (Å²) in [6.07, 6.45) is 5.82. The first-order valence-electron chi connectivity index (χ1n) is 11.0. The quantitative estimate of drug-likeness (QED) is 0.320. The van der Waals surface area contributed by atoms with Crippen LogP contribution in [0, 0.1) is 0 Å². The van der Waals surface area contributed by atoms with Crippen LogP contribution in [0.5, 0.6) is 0 Å². The topological polar surface area (TPSA) is 68.0 Å². The smallest absolute Gasteiger partial charge is 0.310 e. The summed E-state index contributed by atoms with van der Waals surface area (Å²) in [5, 5.41) is 10.9. The minimum Gasteiger partial charge on any atom is -0.481 e. The molecule has 0 aliphatic heterocycles. The Kier molecular flexibility index (Phi) is 5.63. The number of fused-ring (bicyclic) bond motifs is 1. The van der Waals surface area contributed by atoms with Gasteiger partial charge in [0.15, 0.2) is 0 Å². The number of carboxylic acid groups (broad SMARTS) is 1. The minimum absolute atomic E-state index is 0.142. The second kappa shape index (κ2) is 8.47. The number of hydrogen-bond donors (Lipinski definition) is 1. The SMILES string of the molecule is CC(C(=O)O)c1ccccc1-c1cc2c(cn1)ncn2[C@H](C)c1c(Cl)ccc(C2CC2)c1Cl. The van der Waals surface area contributed by atoms with E-state index < -0.39 is 11.9 Å². The van der Waals surface area contributed by atoms with Gasteiger partial charge in [0.25, 0.3) is 0 Å². The Hall–Kier alpha value is -2.89. The van der Waals surface area contributed by atoms with Gasteiger partial charge in [-0.1, -0.05) is 53.5 Å². The Bertz CT molecular complexity index is 1380. The maximum atomic E-state index is 11.6. The molecule has 5 nitrogen and oxygen atoms in total. The molecule has 2 aromatic carbocycles. The molecule has 1 saturated carbocycles. The molecule has 1 unspecified atom stereocenters. The minimum atomic E-state index is -0.873. The van der Waals surface area contributed by atoms with Gasteiger partial charge in [0.05, 0.1) is 40.7 Å². The van der Waals surface area contributed by atoms with Crippen molar-refractivity contribution in [3.05, 3.63) is 81.7 Å². The molecule has 4 aromatic rings. The Labute approximate surface area is 202 Å². The van der Waals surface area contributed by atoms with Crippen LogP contribution < -0.4 is 0 Å². The van der Waals surface area contributed by atoms with Crippen molar-refractivity contribution in [1.82, 2.24) is 14.5 Å². The van der Waals surface area contributed by atoms with E-state index in [2.05, 4.69) is 16.9 Å². The van der Waals surface area contributed by atoms with Crippen molar-refractivity contribution in [2.24, 2.45) is 0 Å². The Morgan fingerprint density at radius 2 is 1.88 bits per heavy atom. The monoisotopic (exact) mass is 479 g/mol. The summed E-state index contributed by atoms with van der Waals surface area (Å²) in [6, 6.07) is 13.3. The van der Waals surface area contributed by atoms with Gasteiger partial charge in [0, 0.05) is 16.1 Å². The number of imidazole rings is 1. The molecule has 1 fully saturated rings. The number of nitrogens with zero attached hydrogens (tertiary/aromatic N) is 3. The molecule has 0 spiro atoms. The number of aromatic nitrogens is 3. The first kappa shape index (κ1) is 21.9. The van der Waals surface area contributed by atoms with Crippen molar-refractivity contribution in [1.29, 1.82) is 0 Å². The average molecular weight is 480 g/mol. The number of carboxylic acids is 1. The molecule has 2 heterocycles. The second-order valence-electron chi connectivity index (χ2n) is 8.67. The number of carbonyl (C=O) groups is 1. The number of aliphatic carboxylic acids is 1. The Morgan fingerprint density at radius 1 is 1.12 bits per heavy atom. The first-order chi connectivity index (χ1) is 15.9. The predicted octanol–water partition coefficient (Wildman–Crippen LogP) is 7.08. The fourth-order valence-corrected chi connectivity index (χ4v) is 5.29. The van der Waals surface area contributed by atoms with Gasteiger partial charge in [-0.25, -0.2) is 4.98 Å². The van der Waals surface area contributed by atoms with Crippen LogP contribution >= 0.6 is 23.2 Å². The number of benzene rings is 2. The van der Waals surface area contributed by atoms with Gasteiger partial charge in [-0.2, -0.15) is 0 Å². The highest BCUT2D eigenvalue weighted by Crippen LogP contribution is 2.47. The van der Waals surface area contributed by atoms with Gasteiger partial charge in [-0.05, 0) is 55.9 Å². The third-order valence-electron chi connectivity index (χ3n) is 6.54. The van der Waals surface area contributed by atoms with E-state index in [1.165, 1.54) is 0 Å². The lowest BCUT2D eigenvalue weighted by Crippen LogP contribution is -2.09. The van der Waals surface area contributed by atoms with E-state index >= 15 is 0 Å². The molecule has 2 atom stereocenters. The molecule has 168 valence electrons. The lowest BCUT2D eigenvalue weighted by molar-refractivity contribution is -0.138. The van der Waals surface area contributed by atoms with Crippen molar-refractivity contribution >= 4 is 40.2 Å². The van der Waals surface area contributed by atoms with Gasteiger partial charge in [0.1, 0.15) is 5.52 Å². The van der Waals surface area contributed by atoms with Crippen LogP contribution in [0.3, 0.4) is 0 Å². The normalized spacial score (nSPS) is 15.5. The summed E-state index contributed by atoms with van der Waals surface area (Å²) in [5.41, 5.74) is 5.89. The molecule has 0 bridgehead atoms. The zero-order chi connectivity index (χ0) is 23.3. The van der Waals surface area contributed by atoms with E-state index in [0.717, 1.165) is 51.2 Å². The van der Waals surface area contributed by atoms with Gasteiger partial charge in [-0.3, -0.25) is 9.78 Å². The van der Waals surface area contributed by atoms with Gasteiger partial charge in [-0.15, -0.1) is 0 Å². The van der Waals surface area contributed by atoms with Crippen LogP contribution in [0.15, 0.2) is 55.0 Å². The van der Waals surface area contributed by atoms with Crippen molar-refractivity contribution < 1.29 is 9.90 Å². The molecule has 0 amide bonds. The molecule has 7 heteroatoms. The number of rotatable bonds is 6. The maximum absolute atomic E-state index is 11.6. The lowest BCUT2D eigenvalue weighted by Gasteiger charge is -2.20. The summed E-state index contributed by atoms with van der Waals surface area (Å²) in [4.78, 5) is 20.8. The van der Waals surface area contributed by atoms with E-state index in [1.807, 2.05) is 47.0 Å². The standard InChI is InChI=1S/C26H23Cl2N3O2/c1-14(26(32)33)17-5-3-4-6-19(17)21-11-23-22(12-29-21)30-13-31(23)15(2)24-20(27)10-9-18(25(24)28)16-7-8-16/h3-6,9-16H,7-8H2,1-2H3,(H,32,33)/t14?,15-/m1/s1. The van der Waals surface area contributed by atoms with E-state index in [9.17, 15) is 9.90 Å². The van der Waals surface area contributed by atoms with Gasteiger partial charge < -0.3 is 9.67 Å². The second-order valence-corrected chi connectivity index (χ2v) is 9.46. The van der Waals surface area contributed by atoms with E-state index in [0.29, 0.717) is 16.6 Å². The number of pyridine rings is 1. The molecule has 1 aliphatic rings. The summed E-state index contributed by atoms with van der Waals surface area (Å²) in [5.74, 6) is -1.00. The molecule has 33 heavy (non-hydrogen) atoms. The van der Waals surface area contributed by atoms with Crippen molar-refractivity contribution in [3.63, 3.8) is 0 Å². The van der Waals surface area contributed by atoms with Crippen molar-refractivity contribution in [2.75, 3.05) is 0 Å². The summed E-state index contributed by atoms with van der Waals surface area (Å²) in [7, 11) is 0. The fourth-order valence-electron chi connectivity index (χ4n) is 4.45. The molecule has 0 radical (unpaired) electrons. The molecule has 2 aromatic heterocycles. The van der Waals surface area contributed by atoms with Crippen LogP contribution in [0.2, 0.25) is 10.0 Å². The molecular formula is C26H23Cl2N3O2. The number of hydrogen-bond acceptors (Lipinski definition) is 3. The Morgan fingerprint density at radius 3 is 2.61 bits per heavy atom. The van der Waals surface area contributed by atoms with E-state index in [-0.39, 0.29) is 6.04 Å². The van der Waals surface area contributed by atoms with Crippen molar-refractivity contribution in [3.8, 4) is 11.3 Å². The average Bonchev–Trinajstić information content (AvgIpc) is 3.56. The third-order valence-corrected chi connectivity index (χ3v) is 7.29. The van der Waals surface area contributed by atoms with Crippen LogP contribution in [0.4, 0.5) is 0 Å². The summed E-state index contributed by atoms with van der Waals surface area (Å²) < 4.78 is 2.05. The van der Waals surface area contributed by atoms with Crippen LogP contribution in [-0.4, -0.2) is 25.6 Å². The van der Waals surface area contributed by atoms with Crippen molar-refractivity contribution in [2.45, 2.75) is 44.6 Å². The van der Waals surface area contributed by atoms with Crippen LogP contribution in [0.25, 0.3) is 22.3 Å². The molecule has 1 N–H and O–H groups in total. The molecule has 5 rings (SSSR count).